The zero-order valence-corrected chi connectivity index (χ0v) is 21.8. The third-order valence-corrected chi connectivity index (χ3v) is 7.27. The summed E-state index contributed by atoms with van der Waals surface area (Å²) in [6.07, 6.45) is 8.44. The minimum atomic E-state index is -1.13. The summed E-state index contributed by atoms with van der Waals surface area (Å²) in [7, 11) is 0. The van der Waals surface area contributed by atoms with Gasteiger partial charge in [-0.05, 0) is 75.8 Å². The lowest BCUT2D eigenvalue weighted by Crippen LogP contribution is -2.43. The first-order valence-electron chi connectivity index (χ1n) is 12.6. The summed E-state index contributed by atoms with van der Waals surface area (Å²) in [4.78, 5) is 40.5. The zero-order chi connectivity index (χ0) is 26.3. The first-order valence-corrected chi connectivity index (χ1v) is 12.9. The number of dihydropyridines is 1. The first kappa shape index (κ1) is 25.1. The number of fused-ring (bicyclic) bond motifs is 1. The van der Waals surface area contributed by atoms with E-state index in [2.05, 4.69) is 27.0 Å². The number of rotatable bonds is 6. The molecule has 10 heteroatoms. The molecule has 2 aromatic rings. The van der Waals surface area contributed by atoms with Crippen molar-refractivity contribution in [3.8, 4) is 5.69 Å². The number of aromatic nitrogens is 2. The predicted octanol–water partition coefficient (Wildman–Crippen LogP) is 4.87. The van der Waals surface area contributed by atoms with Gasteiger partial charge in [0.2, 0.25) is 5.91 Å². The normalized spacial score (nSPS) is 22.8. The van der Waals surface area contributed by atoms with Crippen LogP contribution in [0.1, 0.15) is 62.4 Å². The number of amidine groups is 2. The van der Waals surface area contributed by atoms with E-state index in [1.54, 1.807) is 17.2 Å². The number of anilines is 1. The molecule has 0 bridgehead atoms. The highest BCUT2D eigenvalue weighted by molar-refractivity contribution is 6.41. The van der Waals surface area contributed by atoms with Crippen LogP contribution in [0.25, 0.3) is 5.69 Å². The molecule has 1 aromatic carbocycles. The smallest absolute Gasteiger partial charge is 0.341 e. The lowest BCUT2D eigenvalue weighted by atomic mass is 9.82. The Morgan fingerprint density at radius 3 is 2.49 bits per heavy atom. The van der Waals surface area contributed by atoms with Crippen LogP contribution in [0.5, 0.6) is 0 Å². The summed E-state index contributed by atoms with van der Waals surface area (Å²) in [6, 6.07) is 6.81. The quantitative estimate of drug-likeness (QED) is 0.585. The van der Waals surface area contributed by atoms with Crippen LogP contribution in [0, 0.1) is 11.8 Å². The Balaban J connectivity index is 1.43. The minimum Gasteiger partial charge on any atom is -0.477 e. The lowest BCUT2D eigenvalue weighted by molar-refractivity contribution is -0.124. The number of benzene rings is 1. The molecule has 1 amide bonds. The van der Waals surface area contributed by atoms with E-state index in [0.29, 0.717) is 28.3 Å². The Hall–Kier alpha value is -3.59. The van der Waals surface area contributed by atoms with Crippen molar-refractivity contribution >= 4 is 47.2 Å². The summed E-state index contributed by atoms with van der Waals surface area (Å²) in [5, 5.41) is 15.1. The fourth-order valence-electron chi connectivity index (χ4n) is 4.97. The number of allylic oxidation sites excluding steroid dienone is 1. The Morgan fingerprint density at radius 2 is 1.84 bits per heavy atom. The second kappa shape index (κ2) is 10.0. The van der Waals surface area contributed by atoms with Crippen LogP contribution >= 0.6 is 11.6 Å². The standard InChI is InChI=1S/C27H29ClN6O3/c1-15(2)34(26(35)18-6-4-16(3)5-7-18)25-21(27(36)37)14-33(32-25)20-10-8-17(9-11-20)23-30-22-12-19(28)13-29-24(22)31-23/h8-16,18,22H,4-7H2,1-3H3,(H,36,37). The molecule has 0 spiro atoms. The van der Waals surface area contributed by atoms with Gasteiger partial charge >= 0.3 is 5.97 Å². The monoisotopic (exact) mass is 520 g/mol. The van der Waals surface area contributed by atoms with Crippen LogP contribution in [-0.2, 0) is 4.79 Å². The largest absolute Gasteiger partial charge is 0.477 e. The maximum atomic E-state index is 13.5. The van der Waals surface area contributed by atoms with E-state index < -0.39 is 5.97 Å². The highest BCUT2D eigenvalue weighted by Crippen LogP contribution is 2.33. The van der Waals surface area contributed by atoms with Gasteiger partial charge < -0.3 is 5.11 Å². The first-order chi connectivity index (χ1) is 17.7. The fraction of sp³-hybridized carbons (Fsp3) is 0.407. The van der Waals surface area contributed by atoms with Gasteiger partial charge in [-0.25, -0.2) is 19.5 Å². The van der Waals surface area contributed by atoms with Crippen molar-refractivity contribution in [1.29, 1.82) is 0 Å². The number of carboxylic acid groups (broad SMARTS) is 1. The van der Waals surface area contributed by atoms with Gasteiger partial charge in [0.15, 0.2) is 17.5 Å². The number of carboxylic acids is 1. The molecule has 0 saturated heterocycles. The molecule has 1 N–H and O–H groups in total. The topological polar surface area (TPSA) is 113 Å². The number of amides is 1. The van der Waals surface area contributed by atoms with Gasteiger partial charge in [-0.15, -0.1) is 5.10 Å². The van der Waals surface area contributed by atoms with E-state index in [9.17, 15) is 14.7 Å². The van der Waals surface area contributed by atoms with Crippen molar-refractivity contribution in [2.75, 3.05) is 4.90 Å². The van der Waals surface area contributed by atoms with Gasteiger partial charge in [-0.1, -0.05) is 18.5 Å². The van der Waals surface area contributed by atoms with E-state index in [4.69, 9.17) is 11.6 Å². The number of hydrogen-bond donors (Lipinski definition) is 1. The Labute approximate surface area is 220 Å². The SMILES string of the molecule is CC1CCC(C(=O)N(c2nn(-c3ccc(C4=NC5C=C(Cl)C=NC5=N4)cc3)cc2C(=O)O)C(C)C)CC1. The van der Waals surface area contributed by atoms with Crippen LogP contribution < -0.4 is 4.90 Å². The predicted molar refractivity (Wildman–Crippen MR) is 144 cm³/mol. The van der Waals surface area contributed by atoms with Crippen LogP contribution in [0.2, 0.25) is 0 Å². The number of aliphatic imine (C=N–C) groups is 3. The van der Waals surface area contributed by atoms with E-state index in [0.717, 1.165) is 31.2 Å². The summed E-state index contributed by atoms with van der Waals surface area (Å²) in [5.41, 5.74) is 1.44. The van der Waals surface area contributed by atoms with Crippen LogP contribution in [0.15, 0.2) is 56.5 Å². The van der Waals surface area contributed by atoms with E-state index >= 15 is 0 Å². The van der Waals surface area contributed by atoms with Crippen LogP contribution in [-0.4, -0.2) is 56.7 Å². The van der Waals surface area contributed by atoms with Gasteiger partial charge in [-0.3, -0.25) is 14.7 Å². The molecule has 3 aliphatic rings. The number of nitrogens with zero attached hydrogens (tertiary/aromatic N) is 6. The van der Waals surface area contributed by atoms with Gasteiger partial charge in [0, 0.05) is 29.9 Å². The Kier molecular flexibility index (Phi) is 6.81. The second-order valence-corrected chi connectivity index (χ2v) is 10.5. The molecule has 5 rings (SSSR count). The van der Waals surface area contributed by atoms with Gasteiger partial charge in [0.05, 0.1) is 10.7 Å². The maximum Gasteiger partial charge on any atom is 0.341 e. The number of carbonyl (C=O) groups is 2. The van der Waals surface area contributed by atoms with Crippen molar-refractivity contribution in [3.05, 3.63) is 52.7 Å². The molecular weight excluding hydrogens is 492 g/mol. The highest BCUT2D eigenvalue weighted by Gasteiger charge is 2.34. The summed E-state index contributed by atoms with van der Waals surface area (Å²) >= 11 is 6.03. The highest BCUT2D eigenvalue weighted by atomic mass is 35.5. The number of halogens is 1. The number of aromatic carboxylic acids is 1. The molecule has 0 radical (unpaired) electrons. The molecule has 9 nitrogen and oxygen atoms in total. The average Bonchev–Trinajstić information content (AvgIpc) is 3.49. The molecule has 1 aliphatic carbocycles. The van der Waals surface area contributed by atoms with Crippen molar-refractivity contribution < 1.29 is 14.7 Å². The Bertz CT molecular complexity index is 1350. The molecule has 3 heterocycles. The third-order valence-electron chi connectivity index (χ3n) is 7.05. The molecule has 37 heavy (non-hydrogen) atoms. The Morgan fingerprint density at radius 1 is 1.14 bits per heavy atom. The van der Waals surface area contributed by atoms with E-state index in [1.807, 2.05) is 38.1 Å². The third kappa shape index (κ3) is 5.00. The zero-order valence-electron chi connectivity index (χ0n) is 21.0. The molecule has 1 atom stereocenters. The van der Waals surface area contributed by atoms with Gasteiger partial charge in [0.1, 0.15) is 11.6 Å². The minimum absolute atomic E-state index is 0.00697. The van der Waals surface area contributed by atoms with E-state index in [-0.39, 0.29) is 35.3 Å². The van der Waals surface area contributed by atoms with Crippen LogP contribution in [0.3, 0.4) is 0 Å². The molecule has 192 valence electrons. The summed E-state index contributed by atoms with van der Waals surface area (Å²) in [6.45, 7) is 5.98. The van der Waals surface area contributed by atoms with Crippen molar-refractivity contribution in [2.24, 2.45) is 26.8 Å². The lowest BCUT2D eigenvalue weighted by Gasteiger charge is -2.32. The molecular formula is C27H29ClN6O3. The second-order valence-electron chi connectivity index (χ2n) is 10.1. The number of hydrogen-bond acceptors (Lipinski definition) is 6. The molecule has 1 fully saturated rings. The molecule has 1 aromatic heterocycles. The average molecular weight is 521 g/mol. The number of carbonyl (C=O) groups excluding carboxylic acids is 1. The van der Waals surface area contributed by atoms with E-state index in [1.165, 1.54) is 10.9 Å². The summed E-state index contributed by atoms with van der Waals surface area (Å²) in [5.74, 6) is 0.639. The van der Waals surface area contributed by atoms with Gasteiger partial charge in [0.25, 0.3) is 0 Å². The maximum absolute atomic E-state index is 13.5. The van der Waals surface area contributed by atoms with Gasteiger partial charge in [-0.2, -0.15) is 0 Å². The van der Waals surface area contributed by atoms with Crippen molar-refractivity contribution in [2.45, 2.75) is 58.5 Å². The van der Waals surface area contributed by atoms with Crippen molar-refractivity contribution in [3.63, 3.8) is 0 Å². The molecule has 1 saturated carbocycles. The molecule has 2 aliphatic heterocycles. The molecule has 1 unspecified atom stereocenters. The van der Waals surface area contributed by atoms with Crippen LogP contribution in [0.4, 0.5) is 5.82 Å². The fourth-order valence-corrected chi connectivity index (χ4v) is 5.14. The van der Waals surface area contributed by atoms with Crippen molar-refractivity contribution in [1.82, 2.24) is 9.78 Å². The summed E-state index contributed by atoms with van der Waals surface area (Å²) < 4.78 is 1.50.